The van der Waals surface area contributed by atoms with E-state index in [0.29, 0.717) is 30.1 Å². The van der Waals surface area contributed by atoms with Gasteiger partial charge in [0.25, 0.3) is 0 Å². The Balaban J connectivity index is 1.27. The third-order valence-corrected chi connectivity index (χ3v) is 7.16. The molecule has 2 heterocycles. The molecule has 2 aliphatic rings. The van der Waals surface area contributed by atoms with Crippen molar-refractivity contribution < 1.29 is 51.9 Å². The largest absolute Gasteiger partial charge is 0.493 e. The Bertz CT molecular complexity index is 1360. The van der Waals surface area contributed by atoms with E-state index < -0.39 is 35.3 Å². The van der Waals surface area contributed by atoms with Gasteiger partial charge in [0.15, 0.2) is 0 Å². The number of aliphatic hydroxyl groups excluding tert-OH is 1. The zero-order valence-corrected chi connectivity index (χ0v) is 22.0. The number of aliphatic carboxylic acids is 1. The number of aliphatic hydroxyl groups is 1. The first-order chi connectivity index (χ1) is 19.6. The normalized spacial score (nSPS) is 17.3. The van der Waals surface area contributed by atoms with Crippen molar-refractivity contribution in [3.63, 3.8) is 0 Å². The van der Waals surface area contributed by atoms with Gasteiger partial charge in [-0.25, -0.2) is 4.79 Å². The van der Waals surface area contributed by atoms with Gasteiger partial charge in [-0.05, 0) is 52.6 Å². The van der Waals surface area contributed by atoms with E-state index in [1.165, 1.54) is 12.1 Å². The lowest BCUT2D eigenvalue weighted by Gasteiger charge is -2.41. The topological polar surface area (TPSA) is 104 Å². The maximum atomic E-state index is 14.0. The van der Waals surface area contributed by atoms with Gasteiger partial charge in [-0.15, -0.1) is 0 Å². The van der Waals surface area contributed by atoms with Gasteiger partial charge in [-0.1, -0.05) is 36.4 Å². The minimum atomic E-state index is -4.62. The van der Waals surface area contributed by atoms with E-state index in [9.17, 15) is 23.1 Å². The smallest absolute Gasteiger partial charge is 0.417 e. The lowest BCUT2D eigenvalue weighted by atomic mass is 9.88. The number of hydrogen-bond donors (Lipinski definition) is 2. The summed E-state index contributed by atoms with van der Waals surface area (Å²) in [5, 5.41) is 18.5. The molecule has 2 saturated heterocycles. The SMILES string of the molecule is O=C(O)COC1(c2ccc(OCc3cccc(-c4ccc(OCC5(CO)COC5)cc4C(F)(F)F)c3)cc2)COC1. The number of carboxylic acids is 1. The summed E-state index contributed by atoms with van der Waals surface area (Å²) in [5.74, 6) is -0.476. The Hall–Kier alpha value is -3.64. The van der Waals surface area contributed by atoms with Crippen LogP contribution in [0.25, 0.3) is 11.1 Å². The zero-order valence-electron chi connectivity index (χ0n) is 22.0. The van der Waals surface area contributed by atoms with E-state index in [0.717, 1.165) is 11.6 Å². The third kappa shape index (κ3) is 6.48. The summed E-state index contributed by atoms with van der Waals surface area (Å²) in [6, 6.07) is 17.5. The van der Waals surface area contributed by atoms with Crippen LogP contribution in [0.15, 0.2) is 66.7 Å². The van der Waals surface area contributed by atoms with Gasteiger partial charge in [0.05, 0.1) is 44.0 Å². The summed E-state index contributed by atoms with van der Waals surface area (Å²) in [6.45, 7) is 0.643. The van der Waals surface area contributed by atoms with Crippen LogP contribution in [0.5, 0.6) is 11.5 Å². The molecule has 0 bridgehead atoms. The van der Waals surface area contributed by atoms with E-state index in [4.69, 9.17) is 28.8 Å². The Morgan fingerprint density at radius 1 is 0.902 bits per heavy atom. The number of hydrogen-bond acceptors (Lipinski definition) is 7. The number of benzene rings is 3. The zero-order chi connectivity index (χ0) is 29.1. The summed E-state index contributed by atoms with van der Waals surface area (Å²) >= 11 is 0. The van der Waals surface area contributed by atoms with Crippen LogP contribution in [0.3, 0.4) is 0 Å². The van der Waals surface area contributed by atoms with Crippen LogP contribution in [0, 0.1) is 5.41 Å². The molecule has 218 valence electrons. The fourth-order valence-electron chi connectivity index (χ4n) is 4.62. The molecule has 5 rings (SSSR count). The molecule has 8 nitrogen and oxygen atoms in total. The minimum Gasteiger partial charge on any atom is -0.493 e. The summed E-state index contributed by atoms with van der Waals surface area (Å²) in [6.07, 6.45) is -4.62. The number of carboxylic acid groups (broad SMARTS) is 1. The van der Waals surface area contributed by atoms with Crippen LogP contribution in [-0.4, -0.2) is 62.4 Å². The van der Waals surface area contributed by atoms with E-state index in [1.54, 1.807) is 48.5 Å². The molecule has 11 heteroatoms. The van der Waals surface area contributed by atoms with Gasteiger partial charge in [-0.3, -0.25) is 0 Å². The van der Waals surface area contributed by atoms with Crippen LogP contribution in [0.4, 0.5) is 13.2 Å². The fourth-order valence-corrected chi connectivity index (χ4v) is 4.62. The third-order valence-electron chi connectivity index (χ3n) is 7.16. The first-order valence-electron chi connectivity index (χ1n) is 12.9. The summed E-state index contributed by atoms with van der Waals surface area (Å²) < 4.78 is 69.5. The average Bonchev–Trinajstić information content (AvgIpc) is 2.91. The highest BCUT2D eigenvalue weighted by molar-refractivity contribution is 5.70. The molecule has 0 spiro atoms. The van der Waals surface area contributed by atoms with Crippen LogP contribution in [0.1, 0.15) is 16.7 Å². The fraction of sp³-hybridized carbons (Fsp3) is 0.367. The Kier molecular flexibility index (Phi) is 8.23. The highest BCUT2D eigenvalue weighted by Crippen LogP contribution is 2.40. The lowest BCUT2D eigenvalue weighted by Crippen LogP contribution is -2.49. The standard InChI is InChI=1S/C30H29F3O8/c31-30(32,33)26-11-24(40-17-28(14-34)15-37-16-28)8-9-25(26)21-3-1-2-20(10-21)12-39-23-6-4-22(5-7-23)29(18-38-19-29)41-13-27(35)36/h1-11,34H,12-19H2,(H,35,36). The first-order valence-corrected chi connectivity index (χ1v) is 12.9. The van der Waals surface area contributed by atoms with E-state index >= 15 is 0 Å². The van der Waals surface area contributed by atoms with Crippen LogP contribution in [-0.2, 0) is 37.4 Å². The second-order valence-corrected chi connectivity index (χ2v) is 10.3. The van der Waals surface area contributed by atoms with Crippen LogP contribution < -0.4 is 9.47 Å². The van der Waals surface area contributed by atoms with E-state index in [2.05, 4.69) is 0 Å². The molecule has 3 aromatic carbocycles. The number of rotatable bonds is 12. The van der Waals surface area contributed by atoms with Crippen molar-refractivity contribution in [1.29, 1.82) is 0 Å². The molecule has 0 aromatic heterocycles. The molecule has 41 heavy (non-hydrogen) atoms. The second kappa shape index (κ2) is 11.7. The monoisotopic (exact) mass is 574 g/mol. The molecule has 3 aromatic rings. The molecular formula is C30H29F3O8. The van der Waals surface area contributed by atoms with Crippen molar-refractivity contribution in [3.8, 4) is 22.6 Å². The van der Waals surface area contributed by atoms with Crippen molar-refractivity contribution in [2.45, 2.75) is 18.4 Å². The first kappa shape index (κ1) is 28.9. The van der Waals surface area contributed by atoms with E-state index in [1.807, 2.05) is 0 Å². The quantitative estimate of drug-likeness (QED) is 0.322. The predicted octanol–water partition coefficient (Wildman–Crippen LogP) is 4.67. The molecule has 0 radical (unpaired) electrons. The number of carbonyl (C=O) groups is 1. The van der Waals surface area contributed by atoms with Gasteiger partial charge in [-0.2, -0.15) is 13.2 Å². The maximum absolute atomic E-state index is 14.0. The van der Waals surface area contributed by atoms with Crippen molar-refractivity contribution in [2.24, 2.45) is 5.41 Å². The molecule has 0 aliphatic carbocycles. The molecule has 0 atom stereocenters. The Labute approximate surface area is 234 Å². The molecular weight excluding hydrogens is 545 g/mol. The number of alkyl halides is 3. The molecule has 0 unspecified atom stereocenters. The van der Waals surface area contributed by atoms with Crippen molar-refractivity contribution in [3.05, 3.63) is 83.4 Å². The van der Waals surface area contributed by atoms with Crippen molar-refractivity contribution >= 4 is 5.97 Å². The summed E-state index contributed by atoms with van der Waals surface area (Å²) in [7, 11) is 0. The second-order valence-electron chi connectivity index (χ2n) is 10.3. The Morgan fingerprint density at radius 2 is 1.61 bits per heavy atom. The predicted molar refractivity (Wildman–Crippen MR) is 140 cm³/mol. The maximum Gasteiger partial charge on any atom is 0.417 e. The lowest BCUT2D eigenvalue weighted by molar-refractivity contribution is -0.220. The van der Waals surface area contributed by atoms with Gasteiger partial charge in [0, 0.05) is 0 Å². The Morgan fingerprint density at radius 3 is 2.20 bits per heavy atom. The van der Waals surface area contributed by atoms with Gasteiger partial charge in [0.2, 0.25) is 0 Å². The van der Waals surface area contributed by atoms with Gasteiger partial charge < -0.3 is 33.9 Å². The number of ether oxygens (including phenoxy) is 5. The molecule has 2 aliphatic heterocycles. The van der Waals surface area contributed by atoms with Gasteiger partial charge in [0.1, 0.15) is 36.9 Å². The molecule has 0 saturated carbocycles. The van der Waals surface area contributed by atoms with Crippen molar-refractivity contribution in [1.82, 2.24) is 0 Å². The van der Waals surface area contributed by atoms with Gasteiger partial charge >= 0.3 is 12.1 Å². The van der Waals surface area contributed by atoms with Crippen LogP contribution in [0.2, 0.25) is 0 Å². The highest BCUT2D eigenvalue weighted by Gasteiger charge is 2.42. The number of halogens is 3. The molecule has 2 N–H and O–H groups in total. The van der Waals surface area contributed by atoms with Crippen molar-refractivity contribution in [2.75, 3.05) is 46.2 Å². The molecule has 0 amide bonds. The highest BCUT2D eigenvalue weighted by atomic mass is 19.4. The summed E-state index contributed by atoms with van der Waals surface area (Å²) in [4.78, 5) is 10.9. The summed E-state index contributed by atoms with van der Waals surface area (Å²) in [5.41, 5.74) is -0.412. The average molecular weight is 575 g/mol. The minimum absolute atomic E-state index is 0.00859. The van der Waals surface area contributed by atoms with Crippen LogP contribution >= 0.6 is 0 Å². The van der Waals surface area contributed by atoms with E-state index in [-0.39, 0.29) is 44.3 Å². The molecule has 2 fully saturated rings.